The standard InChI is InChI=1S/C14H12ClN3/c1-10(13-4-2-3-5-14(13)15)18-11-6-7-17-12(8-11)9-16/h2-8,10H,1H3,(H,17,18). The summed E-state index contributed by atoms with van der Waals surface area (Å²) in [6.07, 6.45) is 1.61. The van der Waals surface area contributed by atoms with Gasteiger partial charge in [-0.05, 0) is 30.7 Å². The van der Waals surface area contributed by atoms with Crippen molar-refractivity contribution in [2.24, 2.45) is 0 Å². The number of benzene rings is 1. The van der Waals surface area contributed by atoms with Crippen molar-refractivity contribution >= 4 is 17.3 Å². The largest absolute Gasteiger partial charge is 0.378 e. The summed E-state index contributed by atoms with van der Waals surface area (Å²) in [5.74, 6) is 0. The molecule has 1 aromatic heterocycles. The Morgan fingerprint density at radius 3 is 2.83 bits per heavy atom. The fourth-order valence-electron chi connectivity index (χ4n) is 1.74. The lowest BCUT2D eigenvalue weighted by Crippen LogP contribution is -2.07. The highest BCUT2D eigenvalue weighted by molar-refractivity contribution is 6.31. The Hall–Kier alpha value is -2.05. The summed E-state index contributed by atoms with van der Waals surface area (Å²) in [5, 5.41) is 12.8. The third-order valence-corrected chi connectivity index (χ3v) is 2.97. The third-order valence-electron chi connectivity index (χ3n) is 2.63. The van der Waals surface area contributed by atoms with Crippen LogP contribution in [-0.4, -0.2) is 4.98 Å². The van der Waals surface area contributed by atoms with Crippen molar-refractivity contribution in [3.05, 3.63) is 58.9 Å². The lowest BCUT2D eigenvalue weighted by atomic mass is 10.1. The molecule has 2 aromatic rings. The van der Waals surface area contributed by atoms with Crippen LogP contribution in [-0.2, 0) is 0 Å². The van der Waals surface area contributed by atoms with E-state index in [1.807, 2.05) is 43.3 Å². The molecular formula is C14H12ClN3. The van der Waals surface area contributed by atoms with E-state index in [0.29, 0.717) is 5.69 Å². The van der Waals surface area contributed by atoms with Gasteiger partial charge in [0, 0.05) is 22.9 Å². The van der Waals surface area contributed by atoms with Gasteiger partial charge in [-0.3, -0.25) is 0 Å². The zero-order chi connectivity index (χ0) is 13.0. The van der Waals surface area contributed by atoms with Crippen molar-refractivity contribution in [2.75, 3.05) is 5.32 Å². The average molecular weight is 258 g/mol. The molecule has 1 heterocycles. The van der Waals surface area contributed by atoms with Gasteiger partial charge < -0.3 is 5.32 Å². The van der Waals surface area contributed by atoms with Crippen molar-refractivity contribution < 1.29 is 0 Å². The maximum atomic E-state index is 8.80. The quantitative estimate of drug-likeness (QED) is 0.910. The number of hydrogen-bond acceptors (Lipinski definition) is 3. The SMILES string of the molecule is CC(Nc1ccnc(C#N)c1)c1ccccc1Cl. The van der Waals surface area contributed by atoms with E-state index >= 15 is 0 Å². The highest BCUT2D eigenvalue weighted by Gasteiger charge is 2.09. The number of nitrogens with one attached hydrogen (secondary N) is 1. The van der Waals surface area contributed by atoms with E-state index in [2.05, 4.69) is 10.3 Å². The van der Waals surface area contributed by atoms with Crippen LogP contribution in [0.1, 0.15) is 24.2 Å². The molecule has 1 N–H and O–H groups in total. The molecule has 0 saturated carbocycles. The van der Waals surface area contributed by atoms with Gasteiger partial charge in [0.2, 0.25) is 0 Å². The Balaban J connectivity index is 2.19. The monoisotopic (exact) mass is 257 g/mol. The predicted molar refractivity (Wildman–Crippen MR) is 72.4 cm³/mol. The van der Waals surface area contributed by atoms with Crippen molar-refractivity contribution in [3.8, 4) is 6.07 Å². The van der Waals surface area contributed by atoms with Crippen molar-refractivity contribution in [1.82, 2.24) is 4.98 Å². The zero-order valence-electron chi connectivity index (χ0n) is 9.89. The zero-order valence-corrected chi connectivity index (χ0v) is 10.6. The van der Waals surface area contributed by atoms with Crippen molar-refractivity contribution in [3.63, 3.8) is 0 Å². The molecule has 2 rings (SSSR count). The lowest BCUT2D eigenvalue weighted by molar-refractivity contribution is 0.884. The molecule has 4 heteroatoms. The van der Waals surface area contributed by atoms with Gasteiger partial charge >= 0.3 is 0 Å². The van der Waals surface area contributed by atoms with E-state index in [0.717, 1.165) is 16.3 Å². The van der Waals surface area contributed by atoms with Gasteiger partial charge in [0.1, 0.15) is 11.8 Å². The fourth-order valence-corrected chi connectivity index (χ4v) is 2.03. The number of anilines is 1. The molecule has 3 nitrogen and oxygen atoms in total. The van der Waals surface area contributed by atoms with Crippen LogP contribution < -0.4 is 5.32 Å². The molecule has 0 fully saturated rings. The molecule has 0 aliphatic heterocycles. The van der Waals surface area contributed by atoms with Crippen LogP contribution >= 0.6 is 11.6 Å². The van der Waals surface area contributed by atoms with E-state index in [-0.39, 0.29) is 6.04 Å². The molecule has 0 radical (unpaired) electrons. The van der Waals surface area contributed by atoms with Crippen LogP contribution in [0.2, 0.25) is 5.02 Å². The summed E-state index contributed by atoms with van der Waals surface area (Å²) < 4.78 is 0. The number of aromatic nitrogens is 1. The fraction of sp³-hybridized carbons (Fsp3) is 0.143. The maximum Gasteiger partial charge on any atom is 0.142 e. The first-order valence-corrected chi connectivity index (χ1v) is 5.95. The highest BCUT2D eigenvalue weighted by Crippen LogP contribution is 2.25. The Morgan fingerprint density at radius 1 is 1.33 bits per heavy atom. The summed E-state index contributed by atoms with van der Waals surface area (Å²) in [4.78, 5) is 3.93. The molecule has 0 aliphatic rings. The molecule has 1 unspecified atom stereocenters. The van der Waals surface area contributed by atoms with Gasteiger partial charge in [0.15, 0.2) is 0 Å². The van der Waals surface area contributed by atoms with Crippen LogP contribution in [0.15, 0.2) is 42.6 Å². The maximum absolute atomic E-state index is 8.80. The van der Waals surface area contributed by atoms with Gasteiger partial charge in [-0.2, -0.15) is 5.26 Å². The van der Waals surface area contributed by atoms with Gasteiger partial charge in [0.05, 0.1) is 0 Å². The van der Waals surface area contributed by atoms with Crippen LogP contribution in [0.3, 0.4) is 0 Å². The predicted octanol–water partition coefficient (Wildman–Crippen LogP) is 3.78. The minimum absolute atomic E-state index is 0.0626. The summed E-state index contributed by atoms with van der Waals surface area (Å²) in [6, 6.07) is 13.3. The van der Waals surface area contributed by atoms with Crippen molar-refractivity contribution in [1.29, 1.82) is 5.26 Å². The number of halogens is 1. The number of hydrogen-bond donors (Lipinski definition) is 1. The molecule has 0 spiro atoms. The summed E-state index contributed by atoms with van der Waals surface area (Å²) in [5.41, 5.74) is 2.27. The molecule has 1 atom stereocenters. The van der Waals surface area contributed by atoms with Crippen LogP contribution in [0.5, 0.6) is 0 Å². The van der Waals surface area contributed by atoms with Crippen molar-refractivity contribution in [2.45, 2.75) is 13.0 Å². The lowest BCUT2D eigenvalue weighted by Gasteiger charge is -2.16. The molecule has 1 aromatic carbocycles. The summed E-state index contributed by atoms with van der Waals surface area (Å²) >= 11 is 6.14. The Morgan fingerprint density at radius 2 is 2.11 bits per heavy atom. The average Bonchev–Trinajstić information content (AvgIpc) is 2.39. The van der Waals surface area contributed by atoms with Gasteiger partial charge in [-0.25, -0.2) is 4.98 Å². The third kappa shape index (κ3) is 2.79. The van der Waals surface area contributed by atoms with Gasteiger partial charge in [0.25, 0.3) is 0 Å². The second-order valence-corrected chi connectivity index (χ2v) is 4.34. The van der Waals surface area contributed by atoms with E-state index < -0.39 is 0 Å². The highest BCUT2D eigenvalue weighted by atomic mass is 35.5. The Labute approximate surface area is 111 Å². The first-order valence-electron chi connectivity index (χ1n) is 5.58. The van der Waals surface area contributed by atoms with Gasteiger partial charge in [-0.1, -0.05) is 29.8 Å². The van der Waals surface area contributed by atoms with E-state index in [1.54, 1.807) is 12.3 Å². The molecule has 0 aliphatic carbocycles. The number of pyridine rings is 1. The first-order chi connectivity index (χ1) is 8.70. The Kier molecular flexibility index (Phi) is 3.81. The van der Waals surface area contributed by atoms with E-state index in [9.17, 15) is 0 Å². The number of rotatable bonds is 3. The number of nitriles is 1. The smallest absolute Gasteiger partial charge is 0.142 e. The number of nitrogens with zero attached hydrogens (tertiary/aromatic N) is 2. The summed E-state index contributed by atoms with van der Waals surface area (Å²) in [6.45, 7) is 2.02. The van der Waals surface area contributed by atoms with Gasteiger partial charge in [-0.15, -0.1) is 0 Å². The second kappa shape index (κ2) is 5.52. The molecule has 18 heavy (non-hydrogen) atoms. The summed E-state index contributed by atoms with van der Waals surface area (Å²) in [7, 11) is 0. The Bertz CT molecular complexity index is 590. The molecular weight excluding hydrogens is 246 g/mol. The first kappa shape index (κ1) is 12.4. The topological polar surface area (TPSA) is 48.7 Å². The van der Waals surface area contributed by atoms with Crippen LogP contribution in [0, 0.1) is 11.3 Å². The van der Waals surface area contributed by atoms with Crippen LogP contribution in [0.25, 0.3) is 0 Å². The second-order valence-electron chi connectivity index (χ2n) is 3.93. The molecule has 0 amide bonds. The molecule has 90 valence electrons. The molecule has 0 saturated heterocycles. The van der Waals surface area contributed by atoms with Crippen LogP contribution in [0.4, 0.5) is 5.69 Å². The van der Waals surface area contributed by atoms with E-state index in [1.165, 1.54) is 0 Å². The normalized spacial score (nSPS) is 11.6. The minimum Gasteiger partial charge on any atom is -0.378 e. The van der Waals surface area contributed by atoms with E-state index in [4.69, 9.17) is 16.9 Å². The minimum atomic E-state index is 0.0626. The molecule has 0 bridgehead atoms.